The Balaban J connectivity index is 2.76. The maximum absolute atomic E-state index is 8.60. The van der Waals surface area contributed by atoms with Crippen LogP contribution in [0.1, 0.15) is 19.4 Å². The first-order valence-corrected chi connectivity index (χ1v) is 3.25. The Labute approximate surface area is 59.9 Å². The molecule has 0 aliphatic heterocycles. The van der Waals surface area contributed by atoms with E-state index < -0.39 is 0 Å². The van der Waals surface area contributed by atoms with E-state index in [2.05, 4.69) is 11.1 Å². The number of nitrogens with zero attached hydrogens (tertiary/aromatic N) is 3. The summed E-state index contributed by atoms with van der Waals surface area (Å²) in [6.07, 6.45) is 5.97. The molecule has 0 saturated carbocycles. The van der Waals surface area contributed by atoms with E-state index in [0.29, 0.717) is 0 Å². The van der Waals surface area contributed by atoms with E-state index in [9.17, 15) is 0 Å². The lowest BCUT2D eigenvalue weighted by Gasteiger charge is -2.04. The van der Waals surface area contributed by atoms with Crippen LogP contribution in [0.25, 0.3) is 0 Å². The molecule has 0 N–H and O–H groups in total. The van der Waals surface area contributed by atoms with Gasteiger partial charge < -0.3 is 4.57 Å². The molecule has 0 radical (unpaired) electrons. The molecule has 1 aromatic heterocycles. The fourth-order valence-corrected chi connectivity index (χ4v) is 0.823. The maximum atomic E-state index is 8.60. The Morgan fingerprint density at radius 1 is 1.80 bits per heavy atom. The van der Waals surface area contributed by atoms with Crippen LogP contribution in [0.15, 0.2) is 18.7 Å². The minimum absolute atomic E-state index is 0.0532. The molecule has 52 valence electrons. The van der Waals surface area contributed by atoms with Gasteiger partial charge in [-0.3, -0.25) is 0 Å². The van der Waals surface area contributed by atoms with E-state index in [4.69, 9.17) is 5.26 Å². The van der Waals surface area contributed by atoms with Crippen LogP contribution in [0.4, 0.5) is 0 Å². The van der Waals surface area contributed by atoms with Gasteiger partial charge in [0.1, 0.15) is 6.04 Å². The first-order valence-electron chi connectivity index (χ1n) is 3.25. The van der Waals surface area contributed by atoms with E-state index >= 15 is 0 Å². The molecule has 0 saturated heterocycles. The molecule has 0 aliphatic carbocycles. The Kier molecular flexibility index (Phi) is 2.06. The fourth-order valence-electron chi connectivity index (χ4n) is 0.823. The number of hydrogen-bond donors (Lipinski definition) is 0. The summed E-state index contributed by atoms with van der Waals surface area (Å²) in [5.41, 5.74) is 0. The predicted molar refractivity (Wildman–Crippen MR) is 37.2 cm³/mol. The van der Waals surface area contributed by atoms with Crippen molar-refractivity contribution in [2.24, 2.45) is 0 Å². The van der Waals surface area contributed by atoms with Gasteiger partial charge in [0, 0.05) is 12.4 Å². The quantitative estimate of drug-likeness (QED) is 0.614. The molecule has 3 nitrogen and oxygen atoms in total. The van der Waals surface area contributed by atoms with Crippen LogP contribution in [0.2, 0.25) is 0 Å². The first-order chi connectivity index (χ1) is 4.88. The summed E-state index contributed by atoms with van der Waals surface area (Å²) in [4.78, 5) is 3.85. The van der Waals surface area contributed by atoms with Gasteiger partial charge in [-0.05, 0) is 6.42 Å². The van der Waals surface area contributed by atoms with Gasteiger partial charge in [-0.25, -0.2) is 4.98 Å². The molecule has 1 unspecified atom stereocenters. The molecule has 0 aliphatic rings. The molecule has 0 amide bonds. The van der Waals surface area contributed by atoms with Crippen LogP contribution >= 0.6 is 0 Å². The third-order valence-electron chi connectivity index (χ3n) is 1.42. The molecule has 1 aromatic rings. The lowest BCUT2D eigenvalue weighted by molar-refractivity contribution is 0.596. The summed E-state index contributed by atoms with van der Waals surface area (Å²) in [7, 11) is 0. The first kappa shape index (κ1) is 6.81. The molecule has 3 heteroatoms. The molecule has 0 spiro atoms. The number of nitriles is 1. The van der Waals surface area contributed by atoms with Crippen molar-refractivity contribution in [2.75, 3.05) is 0 Å². The van der Waals surface area contributed by atoms with Crippen LogP contribution in [-0.4, -0.2) is 9.55 Å². The van der Waals surface area contributed by atoms with Crippen molar-refractivity contribution in [1.82, 2.24) is 9.55 Å². The van der Waals surface area contributed by atoms with Gasteiger partial charge in [0.05, 0.1) is 12.4 Å². The van der Waals surface area contributed by atoms with Crippen LogP contribution in [-0.2, 0) is 0 Å². The number of rotatable bonds is 2. The monoisotopic (exact) mass is 135 g/mol. The van der Waals surface area contributed by atoms with Gasteiger partial charge in [0.2, 0.25) is 0 Å². The highest BCUT2D eigenvalue weighted by Crippen LogP contribution is 2.07. The average Bonchev–Trinajstić information content (AvgIpc) is 2.43. The van der Waals surface area contributed by atoms with Gasteiger partial charge in [-0.2, -0.15) is 5.26 Å². The second-order valence-corrected chi connectivity index (χ2v) is 2.06. The summed E-state index contributed by atoms with van der Waals surface area (Å²) in [6, 6.07) is 2.12. The van der Waals surface area contributed by atoms with E-state index in [1.165, 1.54) is 0 Å². The molecular formula is C7H9N3. The Hall–Kier alpha value is -1.30. The number of hydrogen-bond acceptors (Lipinski definition) is 2. The second-order valence-electron chi connectivity index (χ2n) is 2.06. The molecule has 1 heterocycles. The average molecular weight is 135 g/mol. The zero-order valence-corrected chi connectivity index (χ0v) is 5.86. The van der Waals surface area contributed by atoms with Crippen LogP contribution in [0, 0.1) is 11.3 Å². The summed E-state index contributed by atoms with van der Waals surface area (Å²) in [5, 5.41) is 8.60. The predicted octanol–water partition coefficient (Wildman–Crippen LogP) is 1.36. The van der Waals surface area contributed by atoms with E-state index in [1.54, 1.807) is 23.3 Å². The minimum Gasteiger partial charge on any atom is -0.321 e. The smallest absolute Gasteiger partial charge is 0.121 e. The SMILES string of the molecule is CCC(C#N)n1ccnc1. The van der Waals surface area contributed by atoms with Crippen LogP contribution < -0.4 is 0 Å². The molecular weight excluding hydrogens is 126 g/mol. The Morgan fingerprint density at radius 3 is 3.00 bits per heavy atom. The maximum Gasteiger partial charge on any atom is 0.121 e. The topological polar surface area (TPSA) is 41.6 Å². The number of aromatic nitrogens is 2. The Morgan fingerprint density at radius 2 is 2.60 bits per heavy atom. The van der Waals surface area contributed by atoms with Gasteiger partial charge in [-0.15, -0.1) is 0 Å². The zero-order chi connectivity index (χ0) is 7.40. The van der Waals surface area contributed by atoms with Gasteiger partial charge in [0.15, 0.2) is 0 Å². The summed E-state index contributed by atoms with van der Waals surface area (Å²) >= 11 is 0. The molecule has 10 heavy (non-hydrogen) atoms. The van der Waals surface area contributed by atoms with Crippen molar-refractivity contribution < 1.29 is 0 Å². The van der Waals surface area contributed by atoms with E-state index in [0.717, 1.165) is 6.42 Å². The van der Waals surface area contributed by atoms with Crippen molar-refractivity contribution in [3.63, 3.8) is 0 Å². The molecule has 0 fully saturated rings. The van der Waals surface area contributed by atoms with Gasteiger partial charge in [0.25, 0.3) is 0 Å². The van der Waals surface area contributed by atoms with Crippen molar-refractivity contribution in [3.8, 4) is 6.07 Å². The van der Waals surface area contributed by atoms with Crippen LogP contribution in [0.5, 0.6) is 0 Å². The lowest BCUT2D eigenvalue weighted by atomic mass is 10.2. The third-order valence-corrected chi connectivity index (χ3v) is 1.42. The zero-order valence-electron chi connectivity index (χ0n) is 5.86. The fraction of sp³-hybridized carbons (Fsp3) is 0.429. The van der Waals surface area contributed by atoms with Crippen molar-refractivity contribution in [2.45, 2.75) is 19.4 Å². The van der Waals surface area contributed by atoms with E-state index in [1.807, 2.05) is 6.92 Å². The van der Waals surface area contributed by atoms with Crippen molar-refractivity contribution in [3.05, 3.63) is 18.7 Å². The Bertz CT molecular complexity index is 219. The van der Waals surface area contributed by atoms with E-state index in [-0.39, 0.29) is 6.04 Å². The molecule has 0 aromatic carbocycles. The standard InChI is InChI=1S/C7H9N3/c1-2-7(5-8)10-4-3-9-6-10/h3-4,6-7H,2H2,1H3. The molecule has 1 rings (SSSR count). The minimum atomic E-state index is -0.0532. The largest absolute Gasteiger partial charge is 0.321 e. The third kappa shape index (κ3) is 1.16. The van der Waals surface area contributed by atoms with Crippen molar-refractivity contribution >= 4 is 0 Å². The van der Waals surface area contributed by atoms with Gasteiger partial charge >= 0.3 is 0 Å². The van der Waals surface area contributed by atoms with Crippen LogP contribution in [0.3, 0.4) is 0 Å². The number of imidazole rings is 1. The summed E-state index contributed by atoms with van der Waals surface area (Å²) < 4.78 is 1.81. The summed E-state index contributed by atoms with van der Waals surface area (Å²) in [6.45, 7) is 1.98. The highest BCUT2D eigenvalue weighted by molar-refractivity contribution is 4.91. The molecule has 0 bridgehead atoms. The highest BCUT2D eigenvalue weighted by atomic mass is 15.0. The second kappa shape index (κ2) is 3.02. The summed E-state index contributed by atoms with van der Waals surface area (Å²) in [5.74, 6) is 0. The van der Waals surface area contributed by atoms with Gasteiger partial charge in [-0.1, -0.05) is 6.92 Å². The highest BCUT2D eigenvalue weighted by Gasteiger charge is 2.03. The van der Waals surface area contributed by atoms with Crippen molar-refractivity contribution in [1.29, 1.82) is 5.26 Å². The lowest BCUT2D eigenvalue weighted by Crippen LogP contribution is -2.01. The normalized spacial score (nSPS) is 12.4. The molecule has 1 atom stereocenters.